The summed E-state index contributed by atoms with van der Waals surface area (Å²) in [6.45, 7) is 1.66. The lowest BCUT2D eigenvalue weighted by Crippen LogP contribution is -2.41. The third kappa shape index (κ3) is 5.03. The molecule has 0 bridgehead atoms. The molecule has 20 heavy (non-hydrogen) atoms. The maximum atomic E-state index is 11.4. The molecule has 1 aromatic rings. The van der Waals surface area contributed by atoms with Crippen LogP contribution in [0.15, 0.2) is 18.2 Å². The molecule has 7 nitrogen and oxygen atoms in total. The third-order valence-corrected chi connectivity index (χ3v) is 2.79. The van der Waals surface area contributed by atoms with Crippen LogP contribution in [-0.2, 0) is 4.79 Å². The number of ether oxygens (including phenoxy) is 1. The number of carboxylic acids is 1. The Balaban J connectivity index is 2.64. The Bertz CT molecular complexity index is 533. The number of urea groups is 1. The van der Waals surface area contributed by atoms with Crippen LogP contribution in [0, 0.1) is 3.57 Å². The molecule has 8 heteroatoms. The smallest absolute Gasteiger partial charge is 0.339 e. The minimum Gasteiger partial charge on any atom is -0.483 e. The number of carboxylic acid groups (broad SMARTS) is 1. The highest BCUT2D eigenvalue weighted by atomic mass is 127. The lowest BCUT2D eigenvalue weighted by molar-refractivity contribution is -0.122. The summed E-state index contributed by atoms with van der Waals surface area (Å²) in [6.07, 6.45) is 0. The summed E-state index contributed by atoms with van der Waals surface area (Å²) in [7, 11) is 0. The van der Waals surface area contributed by atoms with Gasteiger partial charge in [0.15, 0.2) is 6.61 Å². The van der Waals surface area contributed by atoms with Crippen molar-refractivity contribution in [1.29, 1.82) is 0 Å². The number of imide groups is 1. The number of amides is 3. The number of carbonyl (C=O) groups excluding carboxylic acids is 2. The van der Waals surface area contributed by atoms with Crippen molar-refractivity contribution in [2.24, 2.45) is 0 Å². The lowest BCUT2D eigenvalue weighted by atomic mass is 10.2. The van der Waals surface area contributed by atoms with Gasteiger partial charge < -0.3 is 15.2 Å². The molecule has 0 aliphatic rings. The highest BCUT2D eigenvalue weighted by Gasteiger charge is 2.14. The molecular weight excluding hydrogens is 379 g/mol. The second-order valence-corrected chi connectivity index (χ2v) is 4.89. The van der Waals surface area contributed by atoms with Crippen molar-refractivity contribution in [3.63, 3.8) is 0 Å². The lowest BCUT2D eigenvalue weighted by Gasteiger charge is -2.09. The third-order valence-electron chi connectivity index (χ3n) is 2.12. The molecule has 3 amide bonds. The fraction of sp³-hybridized carbons (Fsp3) is 0.250. The molecule has 0 saturated heterocycles. The average Bonchev–Trinajstić information content (AvgIpc) is 2.37. The van der Waals surface area contributed by atoms with E-state index in [0.29, 0.717) is 6.54 Å². The summed E-state index contributed by atoms with van der Waals surface area (Å²) >= 11 is 1.97. The zero-order chi connectivity index (χ0) is 15.1. The standard InChI is InChI=1S/C12H13IN2O5/c1-2-14-12(19)15-10(16)6-20-9-4-3-7(13)5-8(9)11(17)18/h3-5H,2,6H2,1H3,(H,17,18)(H2,14,15,16,19). The van der Waals surface area contributed by atoms with Crippen molar-refractivity contribution in [2.45, 2.75) is 6.92 Å². The first kappa shape index (κ1) is 16.2. The van der Waals surface area contributed by atoms with Gasteiger partial charge in [0.25, 0.3) is 5.91 Å². The molecular formula is C12H13IN2O5. The van der Waals surface area contributed by atoms with Crippen LogP contribution >= 0.6 is 22.6 Å². The minimum atomic E-state index is -1.15. The van der Waals surface area contributed by atoms with Gasteiger partial charge in [0.1, 0.15) is 11.3 Å². The van der Waals surface area contributed by atoms with E-state index in [1.54, 1.807) is 13.0 Å². The summed E-state index contributed by atoms with van der Waals surface area (Å²) < 4.78 is 5.85. The number of halogens is 1. The molecule has 0 aromatic heterocycles. The van der Waals surface area contributed by atoms with E-state index in [4.69, 9.17) is 9.84 Å². The maximum Gasteiger partial charge on any atom is 0.339 e. The van der Waals surface area contributed by atoms with Gasteiger partial charge in [-0.3, -0.25) is 10.1 Å². The Morgan fingerprint density at radius 3 is 2.65 bits per heavy atom. The van der Waals surface area contributed by atoms with Gasteiger partial charge in [-0.05, 0) is 47.7 Å². The summed E-state index contributed by atoms with van der Waals surface area (Å²) in [4.78, 5) is 33.5. The molecule has 1 aromatic carbocycles. The predicted molar refractivity (Wildman–Crippen MR) is 78.8 cm³/mol. The Kier molecular flexibility index (Phi) is 6.22. The van der Waals surface area contributed by atoms with Crippen molar-refractivity contribution in [3.8, 4) is 5.75 Å². The van der Waals surface area contributed by atoms with Gasteiger partial charge in [-0.15, -0.1) is 0 Å². The van der Waals surface area contributed by atoms with Crippen LogP contribution in [0.2, 0.25) is 0 Å². The topological polar surface area (TPSA) is 105 Å². The Morgan fingerprint density at radius 2 is 2.05 bits per heavy atom. The van der Waals surface area contributed by atoms with Gasteiger partial charge in [0.2, 0.25) is 0 Å². The number of nitrogens with one attached hydrogen (secondary N) is 2. The largest absolute Gasteiger partial charge is 0.483 e. The number of aromatic carboxylic acids is 1. The molecule has 0 aliphatic heterocycles. The molecule has 1 rings (SSSR count). The normalized spacial score (nSPS) is 9.70. The van der Waals surface area contributed by atoms with Crippen LogP contribution in [0.4, 0.5) is 4.79 Å². The number of hydrogen-bond acceptors (Lipinski definition) is 4. The Morgan fingerprint density at radius 1 is 1.35 bits per heavy atom. The van der Waals surface area contributed by atoms with Gasteiger partial charge in [-0.25, -0.2) is 9.59 Å². The first-order valence-electron chi connectivity index (χ1n) is 5.67. The van der Waals surface area contributed by atoms with Gasteiger partial charge in [0.05, 0.1) is 0 Å². The second-order valence-electron chi connectivity index (χ2n) is 3.64. The highest BCUT2D eigenvalue weighted by Crippen LogP contribution is 2.21. The average molecular weight is 392 g/mol. The predicted octanol–water partition coefficient (Wildman–Crippen LogP) is 1.21. The van der Waals surface area contributed by atoms with Crippen LogP contribution in [0.1, 0.15) is 17.3 Å². The zero-order valence-corrected chi connectivity index (χ0v) is 12.8. The summed E-state index contributed by atoms with van der Waals surface area (Å²) in [5.41, 5.74) is -0.0392. The number of benzene rings is 1. The molecule has 0 heterocycles. The molecule has 3 N–H and O–H groups in total. The fourth-order valence-corrected chi connectivity index (χ4v) is 1.80. The van der Waals surface area contributed by atoms with Crippen LogP contribution < -0.4 is 15.4 Å². The Hall–Kier alpha value is -1.84. The zero-order valence-electron chi connectivity index (χ0n) is 10.6. The quantitative estimate of drug-likeness (QED) is 0.654. The Labute approximate surface area is 128 Å². The number of carbonyl (C=O) groups is 3. The first-order valence-corrected chi connectivity index (χ1v) is 6.75. The summed E-state index contributed by atoms with van der Waals surface area (Å²) in [5.74, 6) is -1.74. The van der Waals surface area contributed by atoms with E-state index in [1.165, 1.54) is 12.1 Å². The van der Waals surface area contributed by atoms with Gasteiger partial charge in [-0.1, -0.05) is 0 Å². The molecule has 0 spiro atoms. The van der Waals surface area contributed by atoms with E-state index in [9.17, 15) is 14.4 Å². The monoisotopic (exact) mass is 392 g/mol. The van der Waals surface area contributed by atoms with Crippen molar-refractivity contribution in [2.75, 3.05) is 13.2 Å². The van der Waals surface area contributed by atoms with E-state index < -0.39 is 24.5 Å². The fourth-order valence-electron chi connectivity index (χ4n) is 1.31. The van der Waals surface area contributed by atoms with E-state index in [2.05, 4.69) is 5.32 Å². The minimum absolute atomic E-state index is 0.0392. The van der Waals surface area contributed by atoms with Crippen LogP contribution in [0.3, 0.4) is 0 Å². The summed E-state index contributed by atoms with van der Waals surface area (Å²) in [6, 6.07) is 3.93. The number of rotatable bonds is 5. The molecule has 108 valence electrons. The molecule has 0 unspecified atom stereocenters. The SMILES string of the molecule is CCNC(=O)NC(=O)COc1ccc(I)cc1C(=O)O. The van der Waals surface area contributed by atoms with Gasteiger partial charge >= 0.3 is 12.0 Å². The molecule has 0 fully saturated rings. The van der Waals surface area contributed by atoms with Gasteiger partial charge in [-0.2, -0.15) is 0 Å². The van der Waals surface area contributed by atoms with Crippen molar-refractivity contribution in [3.05, 3.63) is 27.3 Å². The van der Waals surface area contributed by atoms with E-state index in [1.807, 2.05) is 27.9 Å². The first-order chi connectivity index (χ1) is 9.43. The highest BCUT2D eigenvalue weighted by molar-refractivity contribution is 14.1. The van der Waals surface area contributed by atoms with Crippen molar-refractivity contribution >= 4 is 40.5 Å². The molecule has 0 aliphatic carbocycles. The van der Waals surface area contributed by atoms with E-state index in [0.717, 1.165) is 3.57 Å². The van der Waals surface area contributed by atoms with Gasteiger partial charge in [0, 0.05) is 10.1 Å². The molecule has 0 atom stereocenters. The van der Waals surface area contributed by atoms with Crippen LogP contribution in [0.25, 0.3) is 0 Å². The van der Waals surface area contributed by atoms with E-state index in [-0.39, 0.29) is 11.3 Å². The summed E-state index contributed by atoms with van der Waals surface area (Å²) in [5, 5.41) is 13.5. The number of hydrogen-bond donors (Lipinski definition) is 3. The maximum absolute atomic E-state index is 11.4. The van der Waals surface area contributed by atoms with E-state index >= 15 is 0 Å². The van der Waals surface area contributed by atoms with Crippen LogP contribution in [-0.4, -0.2) is 36.2 Å². The molecule has 0 radical (unpaired) electrons. The van der Waals surface area contributed by atoms with Crippen molar-refractivity contribution < 1.29 is 24.2 Å². The van der Waals surface area contributed by atoms with Crippen molar-refractivity contribution in [1.82, 2.24) is 10.6 Å². The molecule has 0 saturated carbocycles. The van der Waals surface area contributed by atoms with Crippen LogP contribution in [0.5, 0.6) is 5.75 Å². The second kappa shape index (κ2) is 7.68.